The first kappa shape index (κ1) is 67.8. The molecule has 0 rings (SSSR count). The van der Waals surface area contributed by atoms with E-state index in [1.54, 1.807) is 0 Å². The van der Waals surface area contributed by atoms with Crippen molar-refractivity contribution < 1.29 is 28.6 Å². The van der Waals surface area contributed by atoms with Gasteiger partial charge in [-0.25, -0.2) is 0 Å². The molecule has 1 atom stereocenters. The highest BCUT2D eigenvalue weighted by Crippen LogP contribution is 2.16. The number of hydrogen-bond donors (Lipinski definition) is 0. The molecule has 1 unspecified atom stereocenters. The lowest BCUT2D eigenvalue weighted by atomic mass is 10.0. The van der Waals surface area contributed by atoms with E-state index in [1.807, 2.05) is 0 Å². The molecule has 0 heterocycles. The van der Waals surface area contributed by atoms with E-state index in [1.165, 1.54) is 154 Å². The maximum atomic E-state index is 12.8. The van der Waals surface area contributed by atoms with Crippen molar-refractivity contribution in [3.8, 4) is 0 Å². The molecule has 0 aliphatic carbocycles. The second kappa shape index (κ2) is 59.4. The molecule has 0 amide bonds. The van der Waals surface area contributed by atoms with Crippen LogP contribution in [0.25, 0.3) is 0 Å². The summed E-state index contributed by atoms with van der Waals surface area (Å²) < 4.78 is 16.8. The van der Waals surface area contributed by atoms with Crippen molar-refractivity contribution in [2.75, 3.05) is 13.2 Å². The summed E-state index contributed by atoms with van der Waals surface area (Å²) in [7, 11) is 0. The first-order valence-electron chi connectivity index (χ1n) is 30.4. The van der Waals surface area contributed by atoms with Gasteiger partial charge in [-0.3, -0.25) is 14.4 Å². The zero-order chi connectivity index (χ0) is 51.4. The Bertz CT molecular complexity index is 1320. The van der Waals surface area contributed by atoms with Gasteiger partial charge in [0.15, 0.2) is 6.10 Å². The van der Waals surface area contributed by atoms with Crippen LogP contribution < -0.4 is 0 Å². The zero-order valence-electron chi connectivity index (χ0n) is 47.0. The van der Waals surface area contributed by atoms with E-state index < -0.39 is 6.10 Å². The Morgan fingerprint density at radius 2 is 0.549 bits per heavy atom. The van der Waals surface area contributed by atoms with Gasteiger partial charge in [0.2, 0.25) is 0 Å². The van der Waals surface area contributed by atoms with Crippen molar-refractivity contribution in [3.63, 3.8) is 0 Å². The largest absolute Gasteiger partial charge is 0.462 e. The van der Waals surface area contributed by atoms with E-state index >= 15 is 0 Å². The molecule has 0 aliphatic heterocycles. The fourth-order valence-electron chi connectivity index (χ4n) is 8.53. The minimum absolute atomic E-state index is 0.0828. The first-order chi connectivity index (χ1) is 35.0. The summed E-state index contributed by atoms with van der Waals surface area (Å²) in [6.07, 6.45) is 76.3. The highest BCUT2D eigenvalue weighted by atomic mass is 16.6. The lowest BCUT2D eigenvalue weighted by molar-refractivity contribution is -0.167. The molecule has 0 saturated heterocycles. The van der Waals surface area contributed by atoms with Crippen LogP contribution in [0.1, 0.15) is 303 Å². The fourth-order valence-corrected chi connectivity index (χ4v) is 8.53. The van der Waals surface area contributed by atoms with Crippen molar-refractivity contribution in [2.24, 2.45) is 0 Å². The zero-order valence-corrected chi connectivity index (χ0v) is 47.0. The van der Waals surface area contributed by atoms with Gasteiger partial charge in [0, 0.05) is 19.3 Å². The molecule has 6 nitrogen and oxygen atoms in total. The van der Waals surface area contributed by atoms with E-state index in [0.717, 1.165) is 109 Å². The van der Waals surface area contributed by atoms with Crippen LogP contribution in [0.15, 0.2) is 72.9 Å². The second-order valence-corrected chi connectivity index (χ2v) is 20.2. The smallest absolute Gasteiger partial charge is 0.306 e. The van der Waals surface area contributed by atoms with Crippen molar-refractivity contribution in [1.29, 1.82) is 0 Å². The van der Waals surface area contributed by atoms with E-state index in [-0.39, 0.29) is 31.1 Å². The topological polar surface area (TPSA) is 78.9 Å². The first-order valence-corrected chi connectivity index (χ1v) is 30.4. The molecular formula is C65H114O6. The van der Waals surface area contributed by atoms with Crippen LogP contribution in [-0.4, -0.2) is 37.2 Å². The molecule has 0 fully saturated rings. The Morgan fingerprint density at radius 1 is 0.282 bits per heavy atom. The van der Waals surface area contributed by atoms with Gasteiger partial charge in [0.1, 0.15) is 13.2 Å². The summed E-state index contributed by atoms with van der Waals surface area (Å²) in [6, 6.07) is 0. The van der Waals surface area contributed by atoms with E-state index in [2.05, 4.69) is 93.7 Å². The molecule has 410 valence electrons. The molecule has 0 aromatic heterocycles. The molecule has 0 aromatic rings. The second-order valence-electron chi connectivity index (χ2n) is 20.2. The number of allylic oxidation sites excluding steroid dienone is 12. The summed E-state index contributed by atoms with van der Waals surface area (Å²) in [5, 5.41) is 0. The average molecular weight is 992 g/mol. The lowest BCUT2D eigenvalue weighted by Crippen LogP contribution is -2.30. The third-order valence-corrected chi connectivity index (χ3v) is 13.1. The Labute approximate surface area is 440 Å². The molecule has 0 radical (unpaired) electrons. The highest BCUT2D eigenvalue weighted by Gasteiger charge is 2.19. The minimum atomic E-state index is -0.785. The highest BCUT2D eigenvalue weighted by molar-refractivity contribution is 5.71. The maximum absolute atomic E-state index is 12.8. The third kappa shape index (κ3) is 57.6. The van der Waals surface area contributed by atoms with Gasteiger partial charge < -0.3 is 14.2 Å². The quantitative estimate of drug-likeness (QED) is 0.0261. The van der Waals surface area contributed by atoms with Crippen LogP contribution in [0.4, 0.5) is 0 Å². The summed E-state index contributed by atoms with van der Waals surface area (Å²) >= 11 is 0. The lowest BCUT2D eigenvalue weighted by Gasteiger charge is -2.18. The number of unbranched alkanes of at least 4 members (excludes halogenated alkanes) is 32. The van der Waals surface area contributed by atoms with Crippen molar-refractivity contribution in [3.05, 3.63) is 72.9 Å². The number of esters is 3. The van der Waals surface area contributed by atoms with Crippen LogP contribution in [0, 0.1) is 0 Å². The fraction of sp³-hybridized carbons (Fsp3) is 0.769. The maximum Gasteiger partial charge on any atom is 0.306 e. The number of rotatable bonds is 55. The third-order valence-electron chi connectivity index (χ3n) is 13.1. The molecular weight excluding hydrogens is 877 g/mol. The number of carbonyl (C=O) groups is 3. The average Bonchev–Trinajstić information content (AvgIpc) is 3.37. The van der Waals surface area contributed by atoms with Gasteiger partial charge in [-0.1, -0.05) is 254 Å². The van der Waals surface area contributed by atoms with Crippen LogP contribution in [-0.2, 0) is 28.6 Å². The summed E-state index contributed by atoms with van der Waals surface area (Å²) in [4.78, 5) is 38.1. The Kier molecular flexibility index (Phi) is 56.8. The number of carbonyl (C=O) groups excluding carboxylic acids is 3. The van der Waals surface area contributed by atoms with Crippen molar-refractivity contribution >= 4 is 17.9 Å². The standard InChI is InChI=1S/C65H114O6/c1-4-7-10-13-16-19-22-24-25-26-27-28-29-30-31-32-33-34-35-36-37-38-39-41-43-46-49-52-55-58-64(67)70-61-62(60-69-63(66)57-54-51-48-45-42-21-18-15-12-9-6-3)71-65(68)59-56-53-50-47-44-40-23-20-17-14-11-8-5-2/h11,14-15,18,20,22-24,26-27,29-30,62H,4-10,12-13,16-17,19,21,25,28,31-61H2,1-3H3/b14-11-,18-15-,23-20-,24-22-,27-26-,30-29-. The van der Waals surface area contributed by atoms with Crippen LogP contribution in [0.5, 0.6) is 0 Å². The van der Waals surface area contributed by atoms with Gasteiger partial charge in [-0.05, 0) is 103 Å². The Morgan fingerprint density at radius 3 is 0.901 bits per heavy atom. The number of ether oxygens (including phenoxy) is 3. The van der Waals surface area contributed by atoms with E-state index in [0.29, 0.717) is 19.3 Å². The van der Waals surface area contributed by atoms with Gasteiger partial charge in [-0.2, -0.15) is 0 Å². The minimum Gasteiger partial charge on any atom is -0.462 e. The molecule has 0 aliphatic rings. The monoisotopic (exact) mass is 991 g/mol. The predicted molar refractivity (Wildman–Crippen MR) is 307 cm³/mol. The van der Waals surface area contributed by atoms with E-state index in [4.69, 9.17) is 14.2 Å². The molecule has 71 heavy (non-hydrogen) atoms. The predicted octanol–water partition coefficient (Wildman–Crippen LogP) is 20.5. The summed E-state index contributed by atoms with van der Waals surface area (Å²) in [5.74, 6) is -0.900. The Balaban J connectivity index is 4.16. The molecule has 0 spiro atoms. The Hall–Kier alpha value is -3.15. The number of hydrogen-bond acceptors (Lipinski definition) is 6. The molecule has 0 N–H and O–H groups in total. The van der Waals surface area contributed by atoms with Gasteiger partial charge in [0.05, 0.1) is 0 Å². The summed E-state index contributed by atoms with van der Waals surface area (Å²) in [6.45, 7) is 6.52. The van der Waals surface area contributed by atoms with Crippen molar-refractivity contribution in [1.82, 2.24) is 0 Å². The molecule has 0 bridgehead atoms. The van der Waals surface area contributed by atoms with Gasteiger partial charge >= 0.3 is 17.9 Å². The molecule has 0 saturated carbocycles. The van der Waals surface area contributed by atoms with Crippen LogP contribution >= 0.6 is 0 Å². The molecule has 0 aromatic carbocycles. The van der Waals surface area contributed by atoms with Crippen LogP contribution in [0.3, 0.4) is 0 Å². The normalized spacial score (nSPS) is 12.5. The van der Waals surface area contributed by atoms with Crippen molar-refractivity contribution in [2.45, 2.75) is 309 Å². The summed E-state index contributed by atoms with van der Waals surface area (Å²) in [5.41, 5.74) is 0. The molecule has 6 heteroatoms. The van der Waals surface area contributed by atoms with E-state index in [9.17, 15) is 14.4 Å². The van der Waals surface area contributed by atoms with Gasteiger partial charge in [0.25, 0.3) is 0 Å². The van der Waals surface area contributed by atoms with Gasteiger partial charge in [-0.15, -0.1) is 0 Å². The SMILES string of the molecule is CCC/C=C\C/C=C\CCCCCCCC(=O)OC(COC(=O)CCCCCCC/C=C\CCCC)COC(=O)CCCCCCCCCCCCCCCC/C=C\C/C=C\C/C=C\CCCCCCC. The van der Waals surface area contributed by atoms with Crippen LogP contribution in [0.2, 0.25) is 0 Å².